The van der Waals surface area contributed by atoms with Gasteiger partial charge < -0.3 is 15.2 Å². The zero-order valence-electron chi connectivity index (χ0n) is 12.3. The van der Waals surface area contributed by atoms with Gasteiger partial charge in [0.2, 0.25) is 5.91 Å². The topological polar surface area (TPSA) is 75.6 Å². The third-order valence-corrected chi connectivity index (χ3v) is 3.06. The molecule has 2 N–H and O–H groups in total. The van der Waals surface area contributed by atoms with E-state index < -0.39 is 23.6 Å². The Morgan fingerprint density at radius 1 is 1.23 bits per heavy atom. The van der Waals surface area contributed by atoms with Crippen LogP contribution in [0.25, 0.3) is 0 Å². The predicted octanol–water partition coefficient (Wildman–Crippen LogP) is 2.41. The van der Waals surface area contributed by atoms with Crippen molar-refractivity contribution in [3.63, 3.8) is 0 Å². The van der Waals surface area contributed by atoms with Gasteiger partial charge in [0.15, 0.2) is 11.6 Å². The van der Waals surface area contributed by atoms with Crippen LogP contribution in [0.2, 0.25) is 0 Å². The van der Waals surface area contributed by atoms with Crippen LogP contribution in [0.15, 0.2) is 18.2 Å². The summed E-state index contributed by atoms with van der Waals surface area (Å²) in [5.41, 5.74) is 0.402. The van der Waals surface area contributed by atoms with E-state index >= 15 is 0 Å². The lowest BCUT2D eigenvalue weighted by molar-refractivity contribution is -0.137. The van der Waals surface area contributed by atoms with Gasteiger partial charge in [-0.25, -0.2) is 8.78 Å². The molecule has 1 atom stereocenters. The predicted molar refractivity (Wildman–Crippen MR) is 75.2 cm³/mol. The molecular formula is C15H19F2NO4. The molecule has 5 nitrogen and oxygen atoms in total. The van der Waals surface area contributed by atoms with Crippen molar-refractivity contribution in [1.82, 2.24) is 5.32 Å². The minimum absolute atomic E-state index is 0.0119. The fourth-order valence-corrected chi connectivity index (χ4v) is 1.95. The minimum atomic E-state index is -0.991. The molecule has 0 heterocycles. The summed E-state index contributed by atoms with van der Waals surface area (Å²) in [4.78, 5) is 22.2. The number of carbonyl (C=O) groups excluding carboxylic acids is 1. The van der Waals surface area contributed by atoms with Crippen molar-refractivity contribution in [3.05, 3.63) is 35.4 Å². The molecule has 0 bridgehead atoms. The zero-order valence-corrected chi connectivity index (χ0v) is 12.3. The molecule has 1 unspecified atom stereocenters. The maximum absolute atomic E-state index is 13.3. The summed E-state index contributed by atoms with van der Waals surface area (Å²) in [6.07, 6.45) is 1.02. The second kappa shape index (κ2) is 9.09. The van der Waals surface area contributed by atoms with Crippen molar-refractivity contribution in [2.24, 2.45) is 0 Å². The van der Waals surface area contributed by atoms with Crippen LogP contribution in [0.1, 0.15) is 37.3 Å². The Morgan fingerprint density at radius 2 is 1.91 bits per heavy atom. The fourth-order valence-electron chi connectivity index (χ4n) is 1.95. The number of amides is 1. The summed E-state index contributed by atoms with van der Waals surface area (Å²) in [5.74, 6) is -3.15. The van der Waals surface area contributed by atoms with Crippen molar-refractivity contribution in [2.45, 2.75) is 31.7 Å². The van der Waals surface area contributed by atoms with Crippen LogP contribution in [0, 0.1) is 11.6 Å². The number of nitrogens with one attached hydrogen (secondary N) is 1. The Labute approximate surface area is 127 Å². The maximum Gasteiger partial charge on any atom is 0.303 e. The van der Waals surface area contributed by atoms with E-state index in [0.717, 1.165) is 12.1 Å². The Kier molecular flexibility index (Phi) is 7.45. The third kappa shape index (κ3) is 6.17. The molecule has 1 amide bonds. The molecule has 22 heavy (non-hydrogen) atoms. The van der Waals surface area contributed by atoms with Crippen LogP contribution in [-0.4, -0.2) is 30.7 Å². The zero-order chi connectivity index (χ0) is 16.5. The second-order valence-corrected chi connectivity index (χ2v) is 4.85. The van der Waals surface area contributed by atoms with E-state index in [1.165, 1.54) is 13.2 Å². The first-order valence-electron chi connectivity index (χ1n) is 6.89. The summed E-state index contributed by atoms with van der Waals surface area (Å²) >= 11 is 0. The quantitative estimate of drug-likeness (QED) is 0.686. The van der Waals surface area contributed by atoms with Crippen molar-refractivity contribution in [2.75, 3.05) is 13.7 Å². The molecule has 1 aromatic carbocycles. The number of aliphatic carboxylic acids is 1. The van der Waals surface area contributed by atoms with Crippen molar-refractivity contribution in [1.29, 1.82) is 0 Å². The van der Waals surface area contributed by atoms with Crippen molar-refractivity contribution < 1.29 is 28.2 Å². The molecule has 0 saturated heterocycles. The number of methoxy groups -OCH3 is 1. The smallest absolute Gasteiger partial charge is 0.303 e. The number of carbonyl (C=O) groups is 2. The van der Waals surface area contributed by atoms with Gasteiger partial charge in [-0.1, -0.05) is 6.07 Å². The molecule has 0 saturated carbocycles. The number of rotatable bonds is 9. The molecule has 0 aliphatic carbocycles. The number of ether oxygens (including phenoxy) is 1. The van der Waals surface area contributed by atoms with Gasteiger partial charge in [0.25, 0.3) is 0 Å². The highest BCUT2D eigenvalue weighted by Gasteiger charge is 2.16. The maximum atomic E-state index is 13.3. The van der Waals surface area contributed by atoms with Crippen LogP contribution < -0.4 is 5.32 Å². The van der Waals surface area contributed by atoms with Crippen LogP contribution in [0.4, 0.5) is 8.78 Å². The van der Waals surface area contributed by atoms with E-state index in [-0.39, 0.29) is 25.4 Å². The highest BCUT2D eigenvalue weighted by atomic mass is 19.2. The van der Waals surface area contributed by atoms with Crippen molar-refractivity contribution in [3.8, 4) is 0 Å². The van der Waals surface area contributed by atoms with Gasteiger partial charge >= 0.3 is 5.97 Å². The number of benzene rings is 1. The lowest BCUT2D eigenvalue weighted by Gasteiger charge is -2.18. The molecular weight excluding hydrogens is 296 g/mol. The van der Waals surface area contributed by atoms with E-state index in [0.29, 0.717) is 18.4 Å². The van der Waals surface area contributed by atoms with Gasteiger partial charge in [-0.05, 0) is 30.5 Å². The Hall–Kier alpha value is -2.02. The molecule has 1 aromatic rings. The van der Waals surface area contributed by atoms with Crippen LogP contribution in [-0.2, 0) is 14.3 Å². The first kappa shape index (κ1) is 18.0. The molecule has 0 fully saturated rings. The Morgan fingerprint density at radius 3 is 2.50 bits per heavy atom. The number of hydrogen-bond donors (Lipinski definition) is 2. The average molecular weight is 315 g/mol. The van der Waals surface area contributed by atoms with E-state index in [2.05, 4.69) is 5.32 Å². The fraction of sp³-hybridized carbons (Fsp3) is 0.467. The minimum Gasteiger partial charge on any atom is -0.481 e. The molecule has 122 valence electrons. The van der Waals surface area contributed by atoms with Crippen LogP contribution in [0.3, 0.4) is 0 Å². The average Bonchev–Trinajstić information content (AvgIpc) is 2.46. The number of halogens is 2. The molecule has 0 spiro atoms. The summed E-state index contributed by atoms with van der Waals surface area (Å²) in [6, 6.07) is 2.80. The van der Waals surface area contributed by atoms with Crippen molar-refractivity contribution >= 4 is 11.9 Å². The SMILES string of the molecule is COCC(NC(=O)CCCCC(=O)O)c1ccc(F)c(F)c1. The summed E-state index contributed by atoms with van der Waals surface area (Å²) in [6.45, 7) is 0.117. The molecule has 0 aromatic heterocycles. The number of carboxylic acid groups (broad SMARTS) is 1. The van der Waals surface area contributed by atoms with Crippen LogP contribution >= 0.6 is 0 Å². The highest BCUT2D eigenvalue weighted by molar-refractivity contribution is 5.76. The number of unbranched alkanes of at least 4 members (excludes halogenated alkanes) is 1. The van der Waals surface area contributed by atoms with Gasteiger partial charge in [0.1, 0.15) is 0 Å². The standard InChI is InChI=1S/C15H19F2NO4/c1-22-9-13(10-6-7-11(16)12(17)8-10)18-14(19)4-2-3-5-15(20)21/h6-8,13H,2-5,9H2,1H3,(H,18,19)(H,20,21). The lowest BCUT2D eigenvalue weighted by atomic mass is 10.1. The van der Waals surface area contributed by atoms with E-state index in [1.807, 2.05) is 0 Å². The van der Waals surface area contributed by atoms with Crippen LogP contribution in [0.5, 0.6) is 0 Å². The van der Waals surface area contributed by atoms with Gasteiger partial charge in [-0.3, -0.25) is 9.59 Å². The first-order valence-corrected chi connectivity index (χ1v) is 6.89. The molecule has 0 aliphatic rings. The third-order valence-electron chi connectivity index (χ3n) is 3.06. The van der Waals surface area contributed by atoms with E-state index in [1.54, 1.807) is 0 Å². The normalized spacial score (nSPS) is 12.0. The Balaban J connectivity index is 2.57. The van der Waals surface area contributed by atoms with Gasteiger partial charge in [-0.15, -0.1) is 0 Å². The van der Waals surface area contributed by atoms with E-state index in [4.69, 9.17) is 9.84 Å². The van der Waals surface area contributed by atoms with Gasteiger partial charge in [-0.2, -0.15) is 0 Å². The number of hydrogen-bond acceptors (Lipinski definition) is 3. The van der Waals surface area contributed by atoms with E-state index in [9.17, 15) is 18.4 Å². The molecule has 7 heteroatoms. The largest absolute Gasteiger partial charge is 0.481 e. The molecule has 0 radical (unpaired) electrons. The summed E-state index contributed by atoms with van der Waals surface area (Å²) in [7, 11) is 1.44. The van der Waals surface area contributed by atoms with Gasteiger partial charge in [0, 0.05) is 20.0 Å². The first-order chi connectivity index (χ1) is 10.4. The summed E-state index contributed by atoms with van der Waals surface area (Å²) < 4.78 is 31.2. The summed E-state index contributed by atoms with van der Waals surface area (Å²) in [5, 5.41) is 11.2. The Bertz CT molecular complexity index is 522. The molecule has 0 aliphatic heterocycles. The lowest BCUT2D eigenvalue weighted by Crippen LogP contribution is -2.31. The monoisotopic (exact) mass is 315 g/mol. The van der Waals surface area contributed by atoms with Gasteiger partial charge in [0.05, 0.1) is 12.6 Å². The second-order valence-electron chi connectivity index (χ2n) is 4.85. The number of carboxylic acids is 1. The highest BCUT2D eigenvalue weighted by Crippen LogP contribution is 2.17. The molecule has 1 rings (SSSR count).